The van der Waals surface area contributed by atoms with Crippen LogP contribution in [0.15, 0.2) is 48.5 Å². The Labute approximate surface area is 195 Å². The number of nitrogens with zero attached hydrogens (tertiary/aromatic N) is 1. The van der Waals surface area contributed by atoms with E-state index in [1.54, 1.807) is 24.3 Å². The first-order valence-corrected chi connectivity index (χ1v) is 10.5. The Bertz CT molecular complexity index is 869. The molecule has 33 heavy (non-hydrogen) atoms. The second-order valence-corrected chi connectivity index (χ2v) is 7.21. The highest BCUT2D eigenvalue weighted by atomic mass is 35.5. The van der Waals surface area contributed by atoms with E-state index in [0.717, 1.165) is 30.8 Å². The average molecular weight is 490 g/mol. The zero-order valence-corrected chi connectivity index (χ0v) is 19.2. The molecule has 1 N–H and O–H groups in total. The molecule has 1 fully saturated rings. The lowest BCUT2D eigenvalue weighted by Gasteiger charge is -2.26. The van der Waals surface area contributed by atoms with Crippen molar-refractivity contribution in [2.45, 2.75) is 25.9 Å². The van der Waals surface area contributed by atoms with Crippen LogP contribution >= 0.6 is 11.6 Å². The second-order valence-electron chi connectivity index (χ2n) is 6.77. The maximum Gasteiger partial charge on any atom is 0.416 e. The van der Waals surface area contributed by atoms with Gasteiger partial charge in [-0.2, -0.15) is 13.2 Å². The number of carboxylic acids is 1. The van der Waals surface area contributed by atoms with Gasteiger partial charge in [0, 0.05) is 24.5 Å². The molecule has 1 heterocycles. The van der Waals surface area contributed by atoms with Crippen molar-refractivity contribution >= 4 is 23.5 Å². The van der Waals surface area contributed by atoms with Crippen LogP contribution in [-0.2, 0) is 26.9 Å². The third-order valence-electron chi connectivity index (χ3n) is 4.33. The summed E-state index contributed by atoms with van der Waals surface area (Å²) in [5.41, 5.74) is 0.0729. The average Bonchev–Trinajstić information content (AvgIpc) is 2.80. The van der Waals surface area contributed by atoms with E-state index < -0.39 is 17.7 Å². The molecule has 1 saturated heterocycles. The normalized spacial score (nSPS) is 13.1. The number of aliphatic carboxylic acids is 1. The molecule has 0 aromatic heterocycles. The number of methoxy groups -OCH3 is 1. The Balaban J connectivity index is 0.000000249. The summed E-state index contributed by atoms with van der Waals surface area (Å²) in [4.78, 5) is 23.1. The molecule has 0 bridgehead atoms. The SMILES string of the molecule is CCC(=O)N1CCOCC1.COc1cccc(C(F)(F)F)c1.O=C(O)Cc1ccc(Cl)cc1. The standard InChI is InChI=1S/C8H7ClO2.C8H7F3O.C7H13NO2/c9-7-3-1-6(2-4-7)5-8(10)11;1-12-7-4-2-3-6(5-7)8(9,10)11;1-2-7(9)8-3-5-10-6-4-8/h1-4H,5H2,(H,10,11);2-5H,1H3;2-6H2,1H3. The van der Waals surface area contributed by atoms with Crippen LogP contribution in [0.1, 0.15) is 24.5 Å². The third kappa shape index (κ3) is 11.6. The van der Waals surface area contributed by atoms with E-state index in [-0.39, 0.29) is 18.1 Å². The lowest BCUT2D eigenvalue weighted by Crippen LogP contribution is -2.40. The molecule has 0 radical (unpaired) electrons. The fraction of sp³-hybridized carbons (Fsp3) is 0.391. The molecule has 182 valence electrons. The number of morpholine rings is 1. The fourth-order valence-electron chi connectivity index (χ4n) is 2.61. The van der Waals surface area contributed by atoms with Crippen molar-refractivity contribution in [1.82, 2.24) is 4.90 Å². The summed E-state index contributed by atoms with van der Waals surface area (Å²) >= 11 is 5.60. The van der Waals surface area contributed by atoms with E-state index in [2.05, 4.69) is 4.74 Å². The first-order valence-electron chi connectivity index (χ1n) is 10.1. The molecule has 0 atom stereocenters. The first-order chi connectivity index (χ1) is 15.6. The molecule has 0 spiro atoms. The van der Waals surface area contributed by atoms with Crippen molar-refractivity contribution in [2.24, 2.45) is 0 Å². The van der Waals surface area contributed by atoms with Crippen LogP contribution in [0.25, 0.3) is 0 Å². The maximum absolute atomic E-state index is 12.0. The number of hydrogen-bond acceptors (Lipinski definition) is 4. The number of amides is 1. The number of carbonyl (C=O) groups excluding carboxylic acids is 1. The Morgan fingerprint density at radius 2 is 1.73 bits per heavy atom. The Kier molecular flexibility index (Phi) is 12.3. The van der Waals surface area contributed by atoms with Crippen molar-refractivity contribution < 1.29 is 37.3 Å². The zero-order chi connectivity index (χ0) is 24.9. The van der Waals surface area contributed by atoms with Gasteiger partial charge < -0.3 is 19.5 Å². The number of carboxylic acid groups (broad SMARTS) is 1. The molecule has 2 aromatic rings. The van der Waals surface area contributed by atoms with E-state index in [1.165, 1.54) is 19.2 Å². The van der Waals surface area contributed by atoms with Crippen molar-refractivity contribution in [3.05, 3.63) is 64.7 Å². The van der Waals surface area contributed by atoms with Crippen LogP contribution in [0.5, 0.6) is 5.75 Å². The molecule has 2 aromatic carbocycles. The summed E-state index contributed by atoms with van der Waals surface area (Å²) in [6, 6.07) is 11.5. The molecule has 1 amide bonds. The van der Waals surface area contributed by atoms with Gasteiger partial charge in [-0.15, -0.1) is 0 Å². The van der Waals surface area contributed by atoms with E-state index in [9.17, 15) is 22.8 Å². The molecule has 0 unspecified atom stereocenters. The monoisotopic (exact) mass is 489 g/mol. The molecule has 0 saturated carbocycles. The number of carbonyl (C=O) groups is 2. The molecule has 0 aliphatic carbocycles. The molecule has 6 nitrogen and oxygen atoms in total. The zero-order valence-electron chi connectivity index (χ0n) is 18.4. The van der Waals surface area contributed by atoms with Crippen molar-refractivity contribution in [1.29, 1.82) is 0 Å². The van der Waals surface area contributed by atoms with Crippen molar-refractivity contribution in [3.8, 4) is 5.75 Å². The quantitative estimate of drug-likeness (QED) is 0.658. The van der Waals surface area contributed by atoms with Gasteiger partial charge in [0.1, 0.15) is 5.75 Å². The number of ether oxygens (including phenoxy) is 2. The predicted molar refractivity (Wildman–Crippen MR) is 118 cm³/mol. The number of rotatable bonds is 4. The molecule has 1 aliphatic heterocycles. The van der Waals surface area contributed by atoms with Gasteiger partial charge in [-0.05, 0) is 35.9 Å². The summed E-state index contributed by atoms with van der Waals surface area (Å²) in [5, 5.41) is 9.03. The summed E-state index contributed by atoms with van der Waals surface area (Å²) < 4.78 is 45.9. The Hall–Kier alpha value is -2.78. The number of benzene rings is 2. The Morgan fingerprint density at radius 1 is 1.12 bits per heavy atom. The van der Waals surface area contributed by atoms with Gasteiger partial charge in [0.2, 0.25) is 5.91 Å². The summed E-state index contributed by atoms with van der Waals surface area (Å²) in [6.07, 6.45) is -3.63. The minimum absolute atomic E-state index is 0.0527. The molecular formula is C23H27ClF3NO5. The fourth-order valence-corrected chi connectivity index (χ4v) is 2.74. The number of hydrogen-bond donors (Lipinski definition) is 1. The highest BCUT2D eigenvalue weighted by Crippen LogP contribution is 2.31. The van der Waals surface area contributed by atoms with E-state index in [4.69, 9.17) is 21.4 Å². The van der Waals surface area contributed by atoms with E-state index in [0.29, 0.717) is 24.7 Å². The lowest BCUT2D eigenvalue weighted by atomic mass is 10.2. The molecule has 10 heteroatoms. The van der Waals surface area contributed by atoms with Gasteiger partial charge >= 0.3 is 12.1 Å². The van der Waals surface area contributed by atoms with Crippen LogP contribution in [0, 0.1) is 0 Å². The van der Waals surface area contributed by atoms with Gasteiger partial charge in [-0.25, -0.2) is 0 Å². The number of halogens is 4. The van der Waals surface area contributed by atoms with E-state index >= 15 is 0 Å². The van der Waals surface area contributed by atoms with Gasteiger partial charge in [0.05, 0.1) is 32.3 Å². The topological polar surface area (TPSA) is 76.1 Å². The number of alkyl halides is 3. The summed E-state index contributed by atoms with van der Waals surface area (Å²) in [7, 11) is 1.33. The van der Waals surface area contributed by atoms with Crippen molar-refractivity contribution in [3.63, 3.8) is 0 Å². The highest BCUT2D eigenvalue weighted by molar-refractivity contribution is 6.30. The van der Waals surface area contributed by atoms with Gasteiger partial charge in [-0.1, -0.05) is 36.7 Å². The highest BCUT2D eigenvalue weighted by Gasteiger charge is 2.30. The minimum Gasteiger partial charge on any atom is -0.497 e. The lowest BCUT2D eigenvalue weighted by molar-refractivity contribution is -0.138. The van der Waals surface area contributed by atoms with Gasteiger partial charge in [0.25, 0.3) is 0 Å². The van der Waals surface area contributed by atoms with E-state index in [1.807, 2.05) is 11.8 Å². The molecule has 1 aliphatic rings. The van der Waals surface area contributed by atoms with Crippen LogP contribution in [0.4, 0.5) is 13.2 Å². The summed E-state index contributed by atoms with van der Waals surface area (Å²) in [6.45, 7) is 4.83. The van der Waals surface area contributed by atoms with Crippen molar-refractivity contribution in [2.75, 3.05) is 33.4 Å². The second kappa shape index (κ2) is 14.4. The van der Waals surface area contributed by atoms with Crippen LogP contribution in [0.2, 0.25) is 5.02 Å². The van der Waals surface area contributed by atoms with Crippen LogP contribution in [-0.4, -0.2) is 55.3 Å². The first kappa shape index (κ1) is 28.3. The van der Waals surface area contributed by atoms with Gasteiger partial charge in [0.15, 0.2) is 0 Å². The largest absolute Gasteiger partial charge is 0.497 e. The molecule has 3 rings (SSSR count). The summed E-state index contributed by atoms with van der Waals surface area (Å²) in [5.74, 6) is -0.375. The smallest absolute Gasteiger partial charge is 0.416 e. The maximum atomic E-state index is 12.0. The van der Waals surface area contributed by atoms with Crippen LogP contribution in [0.3, 0.4) is 0 Å². The van der Waals surface area contributed by atoms with Gasteiger partial charge in [-0.3, -0.25) is 9.59 Å². The third-order valence-corrected chi connectivity index (χ3v) is 4.58. The predicted octanol–water partition coefficient (Wildman–Crippen LogP) is 4.94. The minimum atomic E-state index is -4.30. The van der Waals surface area contributed by atoms with Crippen LogP contribution < -0.4 is 4.74 Å². The Morgan fingerprint density at radius 3 is 2.21 bits per heavy atom. The molecular weight excluding hydrogens is 463 g/mol.